The number of aromatic carboxylic acids is 1. The molecule has 1 N–H and O–H groups in total. The number of aromatic nitrogens is 4. The number of hydrogen-bond donors (Lipinski definition) is 1. The zero-order valence-electron chi connectivity index (χ0n) is 15.9. The highest BCUT2D eigenvalue weighted by Gasteiger charge is 2.51. The fraction of sp³-hybridized carbons (Fsp3) is 0.550. The normalized spacial score (nSPS) is 29.7. The topological polar surface area (TPSA) is 113 Å². The van der Waals surface area contributed by atoms with E-state index in [1.54, 1.807) is 12.1 Å². The molecular weight excluding hydrogens is 390 g/mol. The Balaban J connectivity index is 1.23. The van der Waals surface area contributed by atoms with Gasteiger partial charge in [0.2, 0.25) is 11.1 Å². The van der Waals surface area contributed by atoms with Gasteiger partial charge in [0.15, 0.2) is 0 Å². The molecule has 0 saturated heterocycles. The van der Waals surface area contributed by atoms with Crippen molar-refractivity contribution in [2.45, 2.75) is 49.2 Å². The molecule has 1 aromatic carbocycles. The van der Waals surface area contributed by atoms with Crippen molar-refractivity contribution >= 4 is 23.6 Å². The smallest absolute Gasteiger partial charge is 0.230 e. The number of nitrogens with one attached hydrogen (secondary N) is 1. The number of thioether (sulfide) groups is 1. The lowest BCUT2D eigenvalue weighted by molar-refractivity contribution is -0.255. The maximum absolute atomic E-state index is 12.7. The molecule has 29 heavy (non-hydrogen) atoms. The third kappa shape index (κ3) is 3.63. The maximum atomic E-state index is 12.7. The summed E-state index contributed by atoms with van der Waals surface area (Å²) in [5, 5.41) is 26.4. The Morgan fingerprint density at radius 3 is 2.31 bits per heavy atom. The summed E-state index contributed by atoms with van der Waals surface area (Å²) in [6, 6.07) is 6.11. The second kappa shape index (κ2) is 7.12. The van der Waals surface area contributed by atoms with Gasteiger partial charge in [0.1, 0.15) is 0 Å². The average Bonchev–Trinajstić information content (AvgIpc) is 3.13. The van der Waals surface area contributed by atoms with Gasteiger partial charge in [-0.1, -0.05) is 23.9 Å². The molecule has 4 bridgehead atoms. The van der Waals surface area contributed by atoms with Crippen molar-refractivity contribution < 1.29 is 14.7 Å². The predicted octanol–water partition coefficient (Wildman–Crippen LogP) is 1.20. The molecule has 0 unspecified atom stereocenters. The van der Waals surface area contributed by atoms with E-state index >= 15 is 0 Å². The average molecular weight is 412 g/mol. The first-order valence-corrected chi connectivity index (χ1v) is 11.0. The molecule has 2 aromatic rings. The highest BCUT2D eigenvalue weighted by atomic mass is 32.2. The van der Waals surface area contributed by atoms with E-state index in [4.69, 9.17) is 0 Å². The van der Waals surface area contributed by atoms with Gasteiger partial charge in [0.05, 0.1) is 17.4 Å². The first kappa shape index (κ1) is 18.6. The summed E-state index contributed by atoms with van der Waals surface area (Å²) in [5.41, 5.74) is 0.717. The quantitative estimate of drug-likeness (QED) is 0.709. The third-order valence-corrected chi connectivity index (χ3v) is 7.48. The summed E-state index contributed by atoms with van der Waals surface area (Å²) in [7, 11) is 0. The van der Waals surface area contributed by atoms with Crippen LogP contribution < -0.4 is 10.4 Å². The molecule has 9 heteroatoms. The zero-order valence-corrected chi connectivity index (χ0v) is 16.7. The predicted molar refractivity (Wildman–Crippen MR) is 103 cm³/mol. The van der Waals surface area contributed by atoms with Crippen LogP contribution in [0.4, 0.5) is 0 Å². The summed E-state index contributed by atoms with van der Waals surface area (Å²) in [5.74, 6) is 1.39. The number of tetrazole rings is 1. The van der Waals surface area contributed by atoms with Crippen LogP contribution in [0.1, 0.15) is 48.9 Å². The van der Waals surface area contributed by atoms with E-state index in [0.29, 0.717) is 10.8 Å². The Hall–Kier alpha value is -2.42. The summed E-state index contributed by atoms with van der Waals surface area (Å²) in [4.78, 5) is 23.6. The van der Waals surface area contributed by atoms with Crippen LogP contribution >= 0.6 is 11.8 Å². The molecule has 1 heterocycles. The van der Waals surface area contributed by atoms with Crippen LogP contribution in [0, 0.1) is 17.8 Å². The van der Waals surface area contributed by atoms with Crippen LogP contribution in [0.15, 0.2) is 29.4 Å². The molecule has 0 spiro atoms. The molecule has 1 amide bonds. The molecule has 152 valence electrons. The lowest BCUT2D eigenvalue weighted by Crippen LogP contribution is -2.60. The molecule has 4 saturated carbocycles. The van der Waals surface area contributed by atoms with Crippen LogP contribution in [-0.4, -0.2) is 43.4 Å². The minimum Gasteiger partial charge on any atom is -0.545 e. The maximum Gasteiger partial charge on any atom is 0.230 e. The Bertz CT molecular complexity index is 907. The lowest BCUT2D eigenvalue weighted by Gasteiger charge is -2.56. The molecule has 8 nitrogen and oxygen atoms in total. The molecule has 1 aromatic heterocycles. The van der Waals surface area contributed by atoms with E-state index in [1.807, 2.05) is 0 Å². The Morgan fingerprint density at radius 1 is 1.10 bits per heavy atom. The highest BCUT2D eigenvalue weighted by Crippen LogP contribution is 2.55. The number of carboxylic acids is 1. The molecule has 0 radical (unpaired) electrons. The van der Waals surface area contributed by atoms with E-state index in [2.05, 4.69) is 20.8 Å². The van der Waals surface area contributed by atoms with Crippen LogP contribution in [0.25, 0.3) is 5.69 Å². The van der Waals surface area contributed by atoms with Gasteiger partial charge in [-0.05, 0) is 84.4 Å². The van der Waals surface area contributed by atoms with Crippen LogP contribution in [-0.2, 0) is 4.79 Å². The van der Waals surface area contributed by atoms with Crippen molar-refractivity contribution in [1.82, 2.24) is 25.5 Å². The van der Waals surface area contributed by atoms with Gasteiger partial charge < -0.3 is 15.2 Å². The van der Waals surface area contributed by atoms with Crippen molar-refractivity contribution in [1.29, 1.82) is 0 Å². The number of carbonyl (C=O) groups excluding carboxylic acids is 2. The molecule has 6 rings (SSSR count). The summed E-state index contributed by atoms with van der Waals surface area (Å²) >= 11 is 1.28. The summed E-state index contributed by atoms with van der Waals surface area (Å²) in [6.45, 7) is 0. The number of carbonyl (C=O) groups is 2. The van der Waals surface area contributed by atoms with E-state index in [-0.39, 0.29) is 22.8 Å². The third-order valence-electron chi connectivity index (χ3n) is 6.56. The number of benzene rings is 1. The Labute approximate surface area is 172 Å². The van der Waals surface area contributed by atoms with Gasteiger partial charge >= 0.3 is 0 Å². The Morgan fingerprint density at radius 2 is 1.72 bits per heavy atom. The van der Waals surface area contributed by atoms with Crippen LogP contribution in [0.3, 0.4) is 0 Å². The molecule has 4 aliphatic rings. The second-order valence-corrected chi connectivity index (χ2v) is 9.68. The largest absolute Gasteiger partial charge is 0.545 e. The minimum atomic E-state index is -1.23. The van der Waals surface area contributed by atoms with Gasteiger partial charge in [0, 0.05) is 5.54 Å². The van der Waals surface area contributed by atoms with Gasteiger partial charge in [-0.25, -0.2) is 0 Å². The molecule has 4 aliphatic carbocycles. The van der Waals surface area contributed by atoms with E-state index in [0.717, 1.165) is 37.0 Å². The summed E-state index contributed by atoms with van der Waals surface area (Å²) < 4.78 is 1.50. The van der Waals surface area contributed by atoms with Crippen molar-refractivity contribution in [3.8, 4) is 5.69 Å². The van der Waals surface area contributed by atoms with Crippen molar-refractivity contribution in [3.63, 3.8) is 0 Å². The molecule has 0 aliphatic heterocycles. The van der Waals surface area contributed by atoms with E-state index in [1.165, 1.54) is 47.8 Å². The van der Waals surface area contributed by atoms with Crippen molar-refractivity contribution in [3.05, 3.63) is 29.8 Å². The van der Waals surface area contributed by atoms with Gasteiger partial charge in [-0.2, -0.15) is 4.68 Å². The van der Waals surface area contributed by atoms with Crippen LogP contribution in [0.2, 0.25) is 0 Å². The highest BCUT2D eigenvalue weighted by molar-refractivity contribution is 7.99. The van der Waals surface area contributed by atoms with E-state index < -0.39 is 5.97 Å². The van der Waals surface area contributed by atoms with Crippen molar-refractivity contribution in [2.75, 3.05) is 5.75 Å². The Kier molecular flexibility index (Phi) is 4.57. The van der Waals surface area contributed by atoms with Gasteiger partial charge in [0.25, 0.3) is 0 Å². The number of hydrogen-bond acceptors (Lipinski definition) is 7. The number of nitrogens with zero attached hydrogens (tertiary/aromatic N) is 4. The van der Waals surface area contributed by atoms with Gasteiger partial charge in [-0.15, -0.1) is 5.10 Å². The van der Waals surface area contributed by atoms with Crippen LogP contribution in [0.5, 0.6) is 0 Å². The minimum absolute atomic E-state index is 0.000978. The number of amides is 1. The second-order valence-electron chi connectivity index (χ2n) is 8.74. The number of carboxylic acid groups (broad SMARTS) is 1. The number of rotatable bonds is 6. The fourth-order valence-electron chi connectivity index (χ4n) is 5.90. The standard InChI is InChI=1S/C20H23N5O3S/c26-17(21-20-8-12-5-13(9-20)7-14(6-12)10-20)11-29-19-22-23-24-25(19)16-3-1-15(2-4-16)18(27)28/h1-4,12-14H,5-11H2,(H,21,26)(H,27,28)/p-1. The molecule has 4 fully saturated rings. The molecular formula is C20H22N5O3S-. The fourth-order valence-corrected chi connectivity index (χ4v) is 6.59. The SMILES string of the molecule is O=C(CSc1nnnn1-c1ccc(C(=O)[O-])cc1)NC12CC3CC(CC(C3)C1)C2. The van der Waals surface area contributed by atoms with E-state index in [9.17, 15) is 14.7 Å². The monoisotopic (exact) mass is 412 g/mol. The first-order valence-electron chi connectivity index (χ1n) is 10.0. The summed E-state index contributed by atoms with van der Waals surface area (Å²) in [6.07, 6.45) is 7.40. The molecule has 0 atom stereocenters. The first-order chi connectivity index (χ1) is 14.0. The lowest BCUT2D eigenvalue weighted by atomic mass is 9.53. The zero-order chi connectivity index (χ0) is 20.0. The van der Waals surface area contributed by atoms with Crippen molar-refractivity contribution in [2.24, 2.45) is 17.8 Å². The van der Waals surface area contributed by atoms with Gasteiger partial charge in [-0.3, -0.25) is 4.79 Å².